The second kappa shape index (κ2) is 9.09. The average molecular weight is 363 g/mol. The van der Waals surface area contributed by atoms with E-state index in [1.807, 2.05) is 6.07 Å². The van der Waals surface area contributed by atoms with Gasteiger partial charge in [0.2, 0.25) is 11.0 Å². The van der Waals surface area contributed by atoms with Crippen molar-refractivity contribution in [3.05, 3.63) is 42.5 Å². The molecule has 0 saturated heterocycles. The van der Waals surface area contributed by atoms with Crippen LogP contribution in [-0.2, 0) is 4.79 Å². The second-order valence-corrected chi connectivity index (χ2v) is 6.65. The van der Waals surface area contributed by atoms with Crippen LogP contribution in [0.3, 0.4) is 0 Å². The van der Waals surface area contributed by atoms with E-state index < -0.39 is 0 Å². The lowest BCUT2D eigenvalue weighted by Crippen LogP contribution is -2.07. The van der Waals surface area contributed by atoms with Crippen LogP contribution in [0.4, 0.5) is 5.13 Å². The Labute approximate surface area is 148 Å². The summed E-state index contributed by atoms with van der Waals surface area (Å²) in [6.45, 7) is 3.65. The average Bonchev–Trinajstić information content (AvgIpc) is 3.05. The fraction of sp³-hybridized carbons (Fsp3) is 0.188. The van der Waals surface area contributed by atoms with Gasteiger partial charge in [-0.25, -0.2) is 0 Å². The van der Waals surface area contributed by atoms with E-state index >= 15 is 0 Å². The Bertz CT molecular complexity index is 744. The van der Waals surface area contributed by atoms with Gasteiger partial charge in [-0.15, -0.1) is 16.8 Å². The van der Waals surface area contributed by atoms with Crippen LogP contribution in [0.15, 0.2) is 41.3 Å². The van der Waals surface area contributed by atoms with Crippen LogP contribution in [0.2, 0.25) is 0 Å². The van der Waals surface area contributed by atoms with Gasteiger partial charge in [-0.3, -0.25) is 10.1 Å². The molecule has 2 aromatic rings. The number of nitrogens with one attached hydrogen (secondary N) is 1. The van der Waals surface area contributed by atoms with Crippen molar-refractivity contribution >= 4 is 40.2 Å². The highest BCUT2D eigenvalue weighted by molar-refractivity contribution is 8.01. The minimum Gasteiger partial charge on any atom is -0.493 e. The number of benzene rings is 1. The number of thioether (sulfide) groups is 1. The van der Waals surface area contributed by atoms with Gasteiger partial charge in [-0.05, 0) is 23.8 Å². The molecule has 24 heavy (non-hydrogen) atoms. The number of hydrogen-bond acceptors (Lipinski definition) is 7. The summed E-state index contributed by atoms with van der Waals surface area (Å²) in [6.07, 6.45) is 4.90. The van der Waals surface area contributed by atoms with E-state index in [0.29, 0.717) is 16.6 Å². The summed E-state index contributed by atoms with van der Waals surface area (Å²) in [5.41, 5.74) is 0.822. The Morgan fingerprint density at radius 1 is 1.33 bits per heavy atom. The van der Waals surface area contributed by atoms with Gasteiger partial charge < -0.3 is 9.47 Å². The molecule has 0 atom stereocenters. The maximum Gasteiger partial charge on any atom is 0.250 e. The van der Waals surface area contributed by atoms with Gasteiger partial charge in [0.1, 0.15) is 0 Å². The van der Waals surface area contributed by atoms with Crippen molar-refractivity contribution in [1.29, 1.82) is 0 Å². The van der Waals surface area contributed by atoms with Crippen molar-refractivity contribution in [3.63, 3.8) is 0 Å². The molecule has 1 aromatic carbocycles. The highest BCUT2D eigenvalue weighted by atomic mass is 32.2. The summed E-state index contributed by atoms with van der Waals surface area (Å²) in [5.74, 6) is 1.72. The quantitative estimate of drug-likeness (QED) is 0.335. The number of hydrogen-bond donors (Lipinski definition) is 1. The third-order valence-electron chi connectivity index (χ3n) is 2.80. The second-order valence-electron chi connectivity index (χ2n) is 4.41. The number of anilines is 1. The Hall–Kier alpha value is -2.32. The van der Waals surface area contributed by atoms with E-state index in [0.717, 1.165) is 15.7 Å². The first-order chi connectivity index (χ1) is 11.7. The fourth-order valence-electron chi connectivity index (χ4n) is 1.72. The summed E-state index contributed by atoms with van der Waals surface area (Å²) in [5, 5.41) is 11.1. The lowest BCUT2D eigenvalue weighted by atomic mass is 10.2. The van der Waals surface area contributed by atoms with E-state index in [2.05, 4.69) is 22.1 Å². The number of carbonyl (C=O) groups excluding carboxylic acids is 1. The maximum atomic E-state index is 11.9. The van der Waals surface area contributed by atoms with Crippen molar-refractivity contribution in [2.24, 2.45) is 0 Å². The molecular formula is C16H17N3O3S2. The van der Waals surface area contributed by atoms with Crippen molar-refractivity contribution in [2.45, 2.75) is 4.34 Å². The van der Waals surface area contributed by atoms with Gasteiger partial charge in [0, 0.05) is 11.8 Å². The van der Waals surface area contributed by atoms with Crippen molar-refractivity contribution in [2.75, 3.05) is 25.3 Å². The first kappa shape index (κ1) is 18.0. The molecule has 0 aliphatic carbocycles. The molecule has 0 saturated carbocycles. The number of methoxy groups -OCH3 is 2. The molecule has 0 fully saturated rings. The van der Waals surface area contributed by atoms with Gasteiger partial charge >= 0.3 is 0 Å². The summed E-state index contributed by atoms with van der Waals surface area (Å²) in [7, 11) is 3.14. The predicted octanol–water partition coefficient (Wildman–Crippen LogP) is 3.49. The molecule has 0 bridgehead atoms. The number of carbonyl (C=O) groups is 1. The van der Waals surface area contributed by atoms with Crippen molar-refractivity contribution < 1.29 is 14.3 Å². The first-order valence-corrected chi connectivity index (χ1v) is 8.74. The Kier molecular flexibility index (Phi) is 6.83. The molecular weight excluding hydrogens is 346 g/mol. The molecule has 0 spiro atoms. The van der Waals surface area contributed by atoms with E-state index in [4.69, 9.17) is 9.47 Å². The summed E-state index contributed by atoms with van der Waals surface area (Å²) >= 11 is 2.84. The fourth-order valence-corrected chi connectivity index (χ4v) is 3.24. The Balaban J connectivity index is 1.97. The van der Waals surface area contributed by atoms with E-state index in [-0.39, 0.29) is 5.91 Å². The molecule has 0 unspecified atom stereocenters. The topological polar surface area (TPSA) is 73.3 Å². The standard InChI is InChI=1S/C16H17N3O3S2/c1-4-9-23-16-19-18-15(24-16)17-14(20)8-6-11-5-7-12(21-2)13(10-11)22-3/h4-8,10H,1,9H2,2-3H3,(H,17,18,20)/b8-6+. The molecule has 1 heterocycles. The molecule has 0 aliphatic rings. The first-order valence-electron chi connectivity index (χ1n) is 6.94. The zero-order chi connectivity index (χ0) is 17.4. The molecule has 8 heteroatoms. The molecule has 1 amide bonds. The van der Waals surface area contributed by atoms with Crippen LogP contribution in [0.25, 0.3) is 6.08 Å². The van der Waals surface area contributed by atoms with Crippen LogP contribution < -0.4 is 14.8 Å². The van der Waals surface area contributed by atoms with Crippen molar-refractivity contribution in [3.8, 4) is 11.5 Å². The van der Waals surface area contributed by atoms with Gasteiger partial charge in [0.25, 0.3) is 0 Å². The zero-order valence-corrected chi connectivity index (χ0v) is 14.9. The lowest BCUT2D eigenvalue weighted by Gasteiger charge is -2.07. The Morgan fingerprint density at radius 2 is 2.12 bits per heavy atom. The van der Waals surface area contributed by atoms with Crippen molar-refractivity contribution in [1.82, 2.24) is 10.2 Å². The number of rotatable bonds is 8. The molecule has 0 aliphatic heterocycles. The number of ether oxygens (including phenoxy) is 2. The van der Waals surface area contributed by atoms with Crippen LogP contribution in [0, 0.1) is 0 Å². The smallest absolute Gasteiger partial charge is 0.250 e. The van der Waals surface area contributed by atoms with Crippen LogP contribution >= 0.6 is 23.1 Å². The number of amides is 1. The van der Waals surface area contributed by atoms with Gasteiger partial charge in [-0.1, -0.05) is 35.2 Å². The summed E-state index contributed by atoms with van der Waals surface area (Å²) in [6, 6.07) is 5.40. The molecule has 2 rings (SSSR count). The Morgan fingerprint density at radius 3 is 2.83 bits per heavy atom. The van der Waals surface area contributed by atoms with E-state index in [9.17, 15) is 4.79 Å². The SMILES string of the molecule is C=CCSc1nnc(NC(=O)/C=C/c2ccc(OC)c(OC)c2)s1. The van der Waals surface area contributed by atoms with Gasteiger partial charge in [-0.2, -0.15) is 0 Å². The number of aromatic nitrogens is 2. The number of nitrogens with zero attached hydrogens (tertiary/aromatic N) is 2. The van der Waals surface area contributed by atoms with Crippen LogP contribution in [-0.4, -0.2) is 36.1 Å². The molecule has 126 valence electrons. The molecule has 0 radical (unpaired) electrons. The van der Waals surface area contributed by atoms with Crippen LogP contribution in [0.1, 0.15) is 5.56 Å². The van der Waals surface area contributed by atoms with Gasteiger partial charge in [0.05, 0.1) is 14.2 Å². The lowest BCUT2D eigenvalue weighted by molar-refractivity contribution is -0.111. The predicted molar refractivity (Wildman–Crippen MR) is 98.0 cm³/mol. The maximum absolute atomic E-state index is 11.9. The largest absolute Gasteiger partial charge is 0.493 e. The summed E-state index contributed by atoms with van der Waals surface area (Å²) in [4.78, 5) is 11.9. The normalized spacial score (nSPS) is 10.6. The molecule has 1 aromatic heterocycles. The minimum atomic E-state index is -0.277. The van der Waals surface area contributed by atoms with Crippen LogP contribution in [0.5, 0.6) is 11.5 Å². The minimum absolute atomic E-state index is 0.277. The highest BCUT2D eigenvalue weighted by Gasteiger charge is 2.07. The third-order valence-corrected chi connectivity index (χ3v) is 4.76. The molecule has 6 nitrogen and oxygen atoms in total. The molecule has 1 N–H and O–H groups in total. The third kappa shape index (κ3) is 5.10. The van der Waals surface area contributed by atoms with Gasteiger partial charge in [0.15, 0.2) is 15.8 Å². The van der Waals surface area contributed by atoms with E-state index in [1.165, 1.54) is 29.2 Å². The van der Waals surface area contributed by atoms with E-state index in [1.54, 1.807) is 38.5 Å². The highest BCUT2D eigenvalue weighted by Crippen LogP contribution is 2.28. The monoisotopic (exact) mass is 363 g/mol. The zero-order valence-electron chi connectivity index (χ0n) is 13.3. The summed E-state index contributed by atoms with van der Waals surface area (Å²) < 4.78 is 11.2.